The lowest BCUT2D eigenvalue weighted by molar-refractivity contribution is -0.136. The van der Waals surface area contributed by atoms with Gasteiger partial charge in [-0.25, -0.2) is 8.78 Å². The van der Waals surface area contributed by atoms with Crippen LogP contribution < -0.4 is 11.3 Å². The van der Waals surface area contributed by atoms with Crippen LogP contribution in [0.1, 0.15) is 19.3 Å². The third-order valence-corrected chi connectivity index (χ3v) is 1.49. The zero-order valence-corrected chi connectivity index (χ0v) is 6.74. The van der Waals surface area contributed by atoms with Crippen LogP contribution in [-0.2, 0) is 0 Å². The third-order valence-electron chi connectivity index (χ3n) is 1.49. The van der Waals surface area contributed by atoms with Gasteiger partial charge in [0, 0.05) is 6.42 Å². The minimum Gasteiger partial charge on any atom is -0.271 e. The van der Waals surface area contributed by atoms with Gasteiger partial charge in [0.2, 0.25) is 0 Å². The van der Waals surface area contributed by atoms with Crippen LogP contribution >= 0.6 is 0 Å². The molecule has 7 heteroatoms. The van der Waals surface area contributed by atoms with Crippen molar-refractivity contribution in [1.29, 1.82) is 0 Å². The molecule has 0 amide bonds. The van der Waals surface area contributed by atoms with Crippen LogP contribution in [0.3, 0.4) is 0 Å². The molecule has 0 rings (SSSR count). The predicted octanol–water partition coefficient (Wildman–Crippen LogP) is 1.82. The van der Waals surface area contributed by atoms with Gasteiger partial charge in [-0.3, -0.25) is 11.3 Å². The molecule has 0 aromatic heterocycles. The molecule has 0 aromatic carbocycles. The van der Waals surface area contributed by atoms with Gasteiger partial charge in [0.15, 0.2) is 0 Å². The lowest BCUT2D eigenvalue weighted by Gasteiger charge is -2.14. The molecular weight excluding hydrogens is 195 g/mol. The van der Waals surface area contributed by atoms with E-state index in [9.17, 15) is 22.0 Å². The SMILES string of the molecule is NNC(CCCC(F)(F)F)C(F)F. The fraction of sp³-hybridized carbons (Fsp3) is 1.00. The Labute approximate surface area is 72.3 Å². The van der Waals surface area contributed by atoms with Crippen molar-refractivity contribution < 1.29 is 22.0 Å². The van der Waals surface area contributed by atoms with Crippen LogP contribution in [0.2, 0.25) is 0 Å². The summed E-state index contributed by atoms with van der Waals surface area (Å²) in [5.74, 6) is 4.71. The summed E-state index contributed by atoms with van der Waals surface area (Å²) in [6.07, 6.45) is -8.71. The Hall–Kier alpha value is -0.430. The van der Waals surface area contributed by atoms with E-state index in [1.807, 2.05) is 0 Å². The van der Waals surface area contributed by atoms with E-state index < -0.39 is 25.1 Å². The number of nitrogens with one attached hydrogen (secondary N) is 1. The molecule has 0 fully saturated rings. The van der Waals surface area contributed by atoms with Crippen molar-refractivity contribution >= 4 is 0 Å². The maximum Gasteiger partial charge on any atom is 0.389 e. The Kier molecular flexibility index (Phi) is 5.16. The van der Waals surface area contributed by atoms with Crippen molar-refractivity contribution in [2.24, 2.45) is 5.84 Å². The van der Waals surface area contributed by atoms with Crippen LogP contribution in [0.4, 0.5) is 22.0 Å². The summed E-state index contributed by atoms with van der Waals surface area (Å²) in [7, 11) is 0. The first-order valence-electron chi connectivity index (χ1n) is 3.68. The molecule has 0 aromatic rings. The van der Waals surface area contributed by atoms with Gasteiger partial charge in [0.25, 0.3) is 6.43 Å². The average Bonchev–Trinajstić information content (AvgIpc) is 1.95. The second kappa shape index (κ2) is 5.33. The first kappa shape index (κ1) is 12.6. The maximum absolute atomic E-state index is 11.9. The zero-order valence-electron chi connectivity index (χ0n) is 6.74. The molecule has 0 heterocycles. The fourth-order valence-corrected chi connectivity index (χ4v) is 0.804. The smallest absolute Gasteiger partial charge is 0.271 e. The Balaban J connectivity index is 3.62. The van der Waals surface area contributed by atoms with Crippen LogP contribution in [0.15, 0.2) is 0 Å². The normalized spacial score (nSPS) is 15.0. The summed E-state index contributed by atoms with van der Waals surface area (Å²) >= 11 is 0. The molecule has 2 nitrogen and oxygen atoms in total. The second-order valence-corrected chi connectivity index (χ2v) is 2.62. The minimum absolute atomic E-state index is 0.284. The van der Waals surface area contributed by atoms with Gasteiger partial charge >= 0.3 is 6.18 Å². The number of hydrogen-bond acceptors (Lipinski definition) is 2. The monoisotopic (exact) mass is 206 g/mol. The van der Waals surface area contributed by atoms with Gasteiger partial charge in [-0.05, 0) is 12.8 Å². The molecule has 0 saturated heterocycles. The molecule has 0 spiro atoms. The number of rotatable bonds is 5. The van der Waals surface area contributed by atoms with E-state index in [0.29, 0.717) is 0 Å². The van der Waals surface area contributed by atoms with Gasteiger partial charge in [0.05, 0.1) is 6.04 Å². The van der Waals surface area contributed by atoms with E-state index in [4.69, 9.17) is 5.84 Å². The van der Waals surface area contributed by atoms with Crippen LogP contribution in [0, 0.1) is 0 Å². The molecule has 0 aliphatic heterocycles. The Morgan fingerprint density at radius 2 is 1.77 bits per heavy atom. The number of halogens is 5. The summed E-state index contributed by atoms with van der Waals surface area (Å²) in [6, 6.07) is -1.36. The van der Waals surface area contributed by atoms with Gasteiger partial charge in [0.1, 0.15) is 0 Å². The van der Waals surface area contributed by atoms with E-state index in [2.05, 4.69) is 0 Å². The summed E-state index contributed by atoms with van der Waals surface area (Å²) < 4.78 is 58.5. The van der Waals surface area contributed by atoms with Crippen molar-refractivity contribution in [1.82, 2.24) is 5.43 Å². The quantitative estimate of drug-likeness (QED) is 0.409. The highest BCUT2D eigenvalue weighted by molar-refractivity contribution is 4.66. The van der Waals surface area contributed by atoms with Crippen LogP contribution in [-0.4, -0.2) is 18.6 Å². The second-order valence-electron chi connectivity index (χ2n) is 2.62. The van der Waals surface area contributed by atoms with Crippen LogP contribution in [0.25, 0.3) is 0 Å². The van der Waals surface area contributed by atoms with E-state index in [1.165, 1.54) is 0 Å². The van der Waals surface area contributed by atoms with Gasteiger partial charge in [-0.1, -0.05) is 0 Å². The summed E-state index contributed by atoms with van der Waals surface area (Å²) in [5, 5.41) is 0. The Morgan fingerprint density at radius 3 is 2.08 bits per heavy atom. The predicted molar refractivity (Wildman–Crippen MR) is 37.0 cm³/mol. The van der Waals surface area contributed by atoms with E-state index in [0.717, 1.165) is 0 Å². The maximum atomic E-state index is 11.9. The topological polar surface area (TPSA) is 38.0 Å². The standard InChI is InChI=1S/C6H11F5N2/c7-5(8)4(13-12)2-1-3-6(9,10)11/h4-5,13H,1-3,12H2. The molecule has 1 atom stereocenters. The average molecular weight is 206 g/mol. The van der Waals surface area contributed by atoms with Crippen molar-refractivity contribution in [3.8, 4) is 0 Å². The van der Waals surface area contributed by atoms with Crippen molar-refractivity contribution in [2.75, 3.05) is 0 Å². The zero-order chi connectivity index (χ0) is 10.5. The third kappa shape index (κ3) is 6.71. The van der Waals surface area contributed by atoms with Gasteiger partial charge in [-0.2, -0.15) is 13.2 Å². The molecule has 0 aliphatic rings. The summed E-state index contributed by atoms with van der Waals surface area (Å²) in [6.45, 7) is 0. The summed E-state index contributed by atoms with van der Waals surface area (Å²) in [4.78, 5) is 0. The Morgan fingerprint density at radius 1 is 1.23 bits per heavy atom. The first-order valence-corrected chi connectivity index (χ1v) is 3.68. The van der Waals surface area contributed by atoms with Crippen molar-refractivity contribution in [3.05, 3.63) is 0 Å². The molecule has 1 unspecified atom stereocenters. The highest BCUT2D eigenvalue weighted by Crippen LogP contribution is 2.23. The highest BCUT2D eigenvalue weighted by atomic mass is 19.4. The minimum atomic E-state index is -4.29. The van der Waals surface area contributed by atoms with Crippen LogP contribution in [0.5, 0.6) is 0 Å². The number of nitrogens with two attached hydrogens (primary N) is 1. The molecule has 3 N–H and O–H groups in total. The molecular formula is C6H11F5N2. The first-order chi connectivity index (χ1) is 5.87. The van der Waals surface area contributed by atoms with E-state index in [1.54, 1.807) is 5.43 Å². The largest absolute Gasteiger partial charge is 0.389 e. The number of hydrogen-bond donors (Lipinski definition) is 2. The fourth-order valence-electron chi connectivity index (χ4n) is 0.804. The van der Waals surface area contributed by atoms with E-state index >= 15 is 0 Å². The molecule has 80 valence electrons. The molecule has 0 radical (unpaired) electrons. The molecule has 0 saturated carbocycles. The van der Waals surface area contributed by atoms with Gasteiger partial charge in [-0.15, -0.1) is 0 Å². The van der Waals surface area contributed by atoms with Crippen molar-refractivity contribution in [3.63, 3.8) is 0 Å². The molecule has 13 heavy (non-hydrogen) atoms. The number of hydrazine groups is 1. The van der Waals surface area contributed by atoms with Crippen molar-refractivity contribution in [2.45, 2.75) is 37.9 Å². The lowest BCUT2D eigenvalue weighted by Crippen LogP contribution is -2.40. The number of alkyl halides is 5. The summed E-state index contributed by atoms with van der Waals surface area (Å²) in [5.41, 5.74) is 1.77. The lowest BCUT2D eigenvalue weighted by atomic mass is 10.1. The molecule has 0 bridgehead atoms. The molecule has 0 aliphatic carbocycles. The van der Waals surface area contributed by atoms with Gasteiger partial charge < -0.3 is 0 Å². The highest BCUT2D eigenvalue weighted by Gasteiger charge is 2.27. The Bertz CT molecular complexity index is 135. The van der Waals surface area contributed by atoms with E-state index in [-0.39, 0.29) is 12.8 Å².